The van der Waals surface area contributed by atoms with Crippen LogP contribution in [0.3, 0.4) is 0 Å². The Morgan fingerprint density at radius 2 is 1.96 bits per heavy atom. The van der Waals surface area contributed by atoms with Crippen molar-refractivity contribution in [3.63, 3.8) is 0 Å². The molecule has 0 radical (unpaired) electrons. The predicted octanol–water partition coefficient (Wildman–Crippen LogP) is 2.79. The first-order valence-corrected chi connectivity index (χ1v) is 9.16. The topological polar surface area (TPSA) is 72.9 Å². The van der Waals surface area contributed by atoms with Crippen LogP contribution in [0.5, 0.6) is 5.75 Å². The van der Waals surface area contributed by atoms with Crippen LogP contribution < -0.4 is 4.74 Å². The first-order chi connectivity index (χ1) is 12.6. The molecule has 0 unspecified atom stereocenters. The minimum absolute atomic E-state index is 0.166. The summed E-state index contributed by atoms with van der Waals surface area (Å²) in [6, 6.07) is 9.50. The molecule has 6 nitrogen and oxygen atoms in total. The number of esters is 1. The van der Waals surface area contributed by atoms with Gasteiger partial charge in [-0.25, -0.2) is 4.79 Å². The van der Waals surface area contributed by atoms with Gasteiger partial charge in [0.15, 0.2) is 12.4 Å². The molecule has 3 rings (SSSR count). The summed E-state index contributed by atoms with van der Waals surface area (Å²) in [6.07, 6.45) is 1.29. The van der Waals surface area contributed by atoms with Crippen molar-refractivity contribution in [2.45, 2.75) is 18.9 Å². The third-order valence-corrected chi connectivity index (χ3v) is 5.13. The van der Waals surface area contributed by atoms with E-state index in [1.165, 1.54) is 16.2 Å². The normalized spacial score (nSPS) is 16.3. The highest BCUT2D eigenvalue weighted by atomic mass is 32.1. The maximum atomic E-state index is 12.5. The Bertz CT molecular complexity index is 785. The van der Waals surface area contributed by atoms with Gasteiger partial charge in [0.1, 0.15) is 11.8 Å². The standard InChI is InChI=1S/C19H19NO5S/c1-24-14-8-6-13(7-9-14)16(21)12-25-19(23)15-4-2-10-20(15)18(22)17-5-3-11-26-17/h3,5-9,11,15H,2,4,10,12H2,1H3/t15-/m1/s1. The second-order valence-corrected chi connectivity index (χ2v) is 6.84. The number of nitrogens with zero attached hydrogens (tertiary/aromatic N) is 1. The molecule has 0 N–H and O–H groups in total. The summed E-state index contributed by atoms with van der Waals surface area (Å²) < 4.78 is 10.2. The minimum Gasteiger partial charge on any atom is -0.497 e. The molecule has 0 aliphatic carbocycles. The van der Waals surface area contributed by atoms with Gasteiger partial charge in [0.2, 0.25) is 0 Å². The number of carbonyl (C=O) groups is 3. The van der Waals surface area contributed by atoms with Crippen LogP contribution >= 0.6 is 11.3 Å². The summed E-state index contributed by atoms with van der Waals surface area (Å²) in [4.78, 5) is 39.2. The van der Waals surface area contributed by atoms with Crippen LogP contribution in [0.15, 0.2) is 41.8 Å². The number of methoxy groups -OCH3 is 1. The van der Waals surface area contributed by atoms with Crippen LogP contribution in [-0.4, -0.2) is 48.9 Å². The zero-order valence-electron chi connectivity index (χ0n) is 14.3. The number of carbonyl (C=O) groups excluding carboxylic acids is 3. The molecule has 1 saturated heterocycles. The maximum absolute atomic E-state index is 12.5. The van der Waals surface area contributed by atoms with Crippen LogP contribution in [0.2, 0.25) is 0 Å². The Kier molecular flexibility index (Phi) is 5.68. The number of ether oxygens (including phenoxy) is 2. The van der Waals surface area contributed by atoms with Crippen molar-refractivity contribution in [1.29, 1.82) is 0 Å². The molecule has 0 saturated carbocycles. The molecule has 1 amide bonds. The number of ketones is 1. The summed E-state index contributed by atoms with van der Waals surface area (Å²) in [5.41, 5.74) is 0.441. The van der Waals surface area contributed by atoms with Gasteiger partial charge in [0.05, 0.1) is 12.0 Å². The molecule has 26 heavy (non-hydrogen) atoms. The quantitative estimate of drug-likeness (QED) is 0.575. The maximum Gasteiger partial charge on any atom is 0.329 e. The number of hydrogen-bond donors (Lipinski definition) is 0. The van der Waals surface area contributed by atoms with Gasteiger partial charge in [-0.05, 0) is 48.6 Å². The van der Waals surface area contributed by atoms with Gasteiger partial charge in [-0.3, -0.25) is 9.59 Å². The Hall–Kier alpha value is -2.67. The summed E-state index contributed by atoms with van der Waals surface area (Å²) in [5, 5.41) is 1.82. The zero-order chi connectivity index (χ0) is 18.5. The second kappa shape index (κ2) is 8.14. The number of thiophene rings is 1. The van der Waals surface area contributed by atoms with Gasteiger partial charge < -0.3 is 14.4 Å². The summed E-state index contributed by atoms with van der Waals surface area (Å²) >= 11 is 1.34. The van der Waals surface area contributed by atoms with Crippen LogP contribution in [0, 0.1) is 0 Å². The summed E-state index contributed by atoms with van der Waals surface area (Å²) in [6.45, 7) is 0.172. The fourth-order valence-electron chi connectivity index (χ4n) is 2.89. The molecule has 2 heterocycles. The van der Waals surface area contributed by atoms with Crippen LogP contribution in [0.25, 0.3) is 0 Å². The van der Waals surface area contributed by atoms with Crippen LogP contribution in [0.1, 0.15) is 32.9 Å². The molecule has 1 aromatic heterocycles. The van der Waals surface area contributed by atoms with Crippen molar-refractivity contribution in [2.75, 3.05) is 20.3 Å². The molecule has 1 fully saturated rings. The average Bonchev–Trinajstić information content (AvgIpc) is 3.37. The smallest absolute Gasteiger partial charge is 0.329 e. The number of hydrogen-bond acceptors (Lipinski definition) is 6. The monoisotopic (exact) mass is 373 g/mol. The number of rotatable bonds is 6. The van der Waals surface area contributed by atoms with E-state index in [-0.39, 0.29) is 18.3 Å². The molecular weight excluding hydrogens is 354 g/mol. The lowest BCUT2D eigenvalue weighted by atomic mass is 10.1. The van der Waals surface area contributed by atoms with Gasteiger partial charge >= 0.3 is 5.97 Å². The van der Waals surface area contributed by atoms with E-state index in [0.717, 1.165) is 6.42 Å². The highest BCUT2D eigenvalue weighted by Crippen LogP contribution is 2.23. The van der Waals surface area contributed by atoms with Crippen molar-refractivity contribution in [1.82, 2.24) is 4.90 Å². The zero-order valence-corrected chi connectivity index (χ0v) is 15.2. The summed E-state index contributed by atoms with van der Waals surface area (Å²) in [5.74, 6) is -0.349. The molecule has 136 valence electrons. The van der Waals surface area contributed by atoms with Gasteiger partial charge in [-0.2, -0.15) is 0 Å². The third kappa shape index (κ3) is 3.94. The minimum atomic E-state index is -0.631. The van der Waals surface area contributed by atoms with Crippen LogP contribution in [0.4, 0.5) is 0 Å². The van der Waals surface area contributed by atoms with Crippen molar-refractivity contribution in [3.8, 4) is 5.75 Å². The molecule has 0 spiro atoms. The Morgan fingerprint density at radius 1 is 1.19 bits per heavy atom. The van der Waals surface area contributed by atoms with Gasteiger partial charge in [0, 0.05) is 12.1 Å². The lowest BCUT2D eigenvalue weighted by molar-refractivity contribution is -0.147. The fraction of sp³-hybridized carbons (Fsp3) is 0.316. The highest BCUT2D eigenvalue weighted by molar-refractivity contribution is 7.12. The fourth-order valence-corrected chi connectivity index (χ4v) is 3.57. The van der Waals surface area contributed by atoms with Crippen molar-refractivity contribution < 1.29 is 23.9 Å². The van der Waals surface area contributed by atoms with E-state index in [9.17, 15) is 14.4 Å². The molecule has 2 aromatic rings. The number of Topliss-reactive ketones (excluding diaryl/α,β-unsaturated/α-hetero) is 1. The van der Waals surface area contributed by atoms with Gasteiger partial charge in [-0.1, -0.05) is 6.07 Å². The van der Waals surface area contributed by atoms with E-state index in [1.807, 2.05) is 5.38 Å². The lowest BCUT2D eigenvalue weighted by Crippen LogP contribution is -2.41. The Balaban J connectivity index is 1.58. The van der Waals surface area contributed by atoms with E-state index in [0.29, 0.717) is 29.2 Å². The first-order valence-electron chi connectivity index (χ1n) is 8.28. The van der Waals surface area contributed by atoms with Crippen molar-refractivity contribution in [2.24, 2.45) is 0 Å². The molecule has 1 aliphatic heterocycles. The first kappa shape index (κ1) is 18.1. The number of amides is 1. The van der Waals surface area contributed by atoms with E-state index >= 15 is 0 Å². The molecule has 1 aliphatic rings. The van der Waals surface area contributed by atoms with Gasteiger partial charge in [-0.15, -0.1) is 11.3 Å². The Morgan fingerprint density at radius 3 is 2.62 bits per heavy atom. The molecule has 0 bridgehead atoms. The summed E-state index contributed by atoms with van der Waals surface area (Å²) in [7, 11) is 1.55. The van der Waals surface area contributed by atoms with E-state index in [2.05, 4.69) is 0 Å². The van der Waals surface area contributed by atoms with E-state index < -0.39 is 12.0 Å². The van der Waals surface area contributed by atoms with Gasteiger partial charge in [0.25, 0.3) is 5.91 Å². The molecule has 1 atom stereocenters. The SMILES string of the molecule is COc1ccc(C(=O)COC(=O)[C@H]2CCCN2C(=O)c2cccs2)cc1. The third-order valence-electron chi connectivity index (χ3n) is 4.28. The van der Waals surface area contributed by atoms with Crippen LogP contribution in [-0.2, 0) is 9.53 Å². The largest absolute Gasteiger partial charge is 0.497 e. The highest BCUT2D eigenvalue weighted by Gasteiger charge is 2.36. The molecule has 1 aromatic carbocycles. The number of benzene rings is 1. The Labute approximate surface area is 155 Å². The van der Waals surface area contributed by atoms with Crippen molar-refractivity contribution in [3.05, 3.63) is 52.2 Å². The predicted molar refractivity (Wildman–Crippen MR) is 96.7 cm³/mol. The van der Waals surface area contributed by atoms with Crippen molar-refractivity contribution >= 4 is 29.0 Å². The van der Waals surface area contributed by atoms with E-state index in [4.69, 9.17) is 9.47 Å². The average molecular weight is 373 g/mol. The number of likely N-dealkylation sites (tertiary alicyclic amines) is 1. The lowest BCUT2D eigenvalue weighted by Gasteiger charge is -2.22. The van der Waals surface area contributed by atoms with E-state index in [1.54, 1.807) is 43.5 Å². The molecule has 7 heteroatoms. The second-order valence-electron chi connectivity index (χ2n) is 5.89. The molecular formula is C19H19NO5S.